The highest BCUT2D eigenvalue weighted by Gasteiger charge is 2.16. The first-order valence-corrected chi connectivity index (χ1v) is 9.36. The normalized spacial score (nSPS) is 12.7. The minimum atomic E-state index is 0.263. The molecule has 1 N–H and O–H groups in total. The average Bonchev–Trinajstić information content (AvgIpc) is 2.73. The molecule has 0 spiro atoms. The van der Waals surface area contributed by atoms with E-state index in [0.29, 0.717) is 24.9 Å². The van der Waals surface area contributed by atoms with Crippen molar-refractivity contribution in [3.8, 4) is 11.5 Å². The van der Waals surface area contributed by atoms with Crippen molar-refractivity contribution in [2.45, 2.75) is 26.4 Å². The van der Waals surface area contributed by atoms with E-state index >= 15 is 0 Å². The fraction of sp³-hybridized carbons (Fsp3) is 0.286. The highest BCUT2D eigenvalue weighted by molar-refractivity contribution is 5.60. The first kappa shape index (κ1) is 18.0. The van der Waals surface area contributed by atoms with Crippen LogP contribution in [0.5, 0.6) is 11.5 Å². The third-order valence-electron chi connectivity index (χ3n) is 4.46. The Morgan fingerprint density at radius 2 is 1.82 bits per heavy atom. The molecule has 1 aromatic heterocycles. The second kappa shape index (κ2) is 8.12. The molecule has 7 nitrogen and oxygen atoms in total. The van der Waals surface area contributed by atoms with E-state index in [1.807, 2.05) is 36.4 Å². The lowest BCUT2D eigenvalue weighted by atomic mass is 10.2. The maximum atomic E-state index is 5.63. The van der Waals surface area contributed by atoms with Crippen LogP contribution in [-0.2, 0) is 6.54 Å². The van der Waals surface area contributed by atoms with Crippen LogP contribution >= 0.6 is 0 Å². The fourth-order valence-electron chi connectivity index (χ4n) is 3.04. The number of fused-ring (bicyclic) bond motifs is 1. The van der Waals surface area contributed by atoms with Crippen LogP contribution in [0.2, 0.25) is 0 Å². The molecule has 2 heterocycles. The SMILES string of the molecule is CC(C)N(Cc1ccccc1)c1cnnc(Nc2ccc3c(c2)OCCO3)n1. The van der Waals surface area contributed by atoms with Crippen molar-refractivity contribution in [2.75, 3.05) is 23.4 Å². The molecule has 0 fully saturated rings. The predicted octanol–water partition coefficient (Wildman–Crippen LogP) is 3.80. The van der Waals surface area contributed by atoms with Gasteiger partial charge in [0.05, 0.1) is 6.20 Å². The van der Waals surface area contributed by atoms with Crippen LogP contribution in [0, 0.1) is 0 Å². The number of aromatic nitrogens is 3. The summed E-state index contributed by atoms with van der Waals surface area (Å²) in [5, 5.41) is 11.5. The summed E-state index contributed by atoms with van der Waals surface area (Å²) in [5.74, 6) is 2.67. The molecular formula is C21H23N5O2. The lowest BCUT2D eigenvalue weighted by molar-refractivity contribution is 0.171. The van der Waals surface area contributed by atoms with Crippen molar-refractivity contribution in [3.63, 3.8) is 0 Å². The van der Waals surface area contributed by atoms with Gasteiger partial charge in [0.1, 0.15) is 13.2 Å². The highest BCUT2D eigenvalue weighted by Crippen LogP contribution is 2.33. The second-order valence-corrected chi connectivity index (χ2v) is 6.83. The maximum absolute atomic E-state index is 5.63. The largest absolute Gasteiger partial charge is 0.486 e. The van der Waals surface area contributed by atoms with Gasteiger partial charge < -0.3 is 19.7 Å². The monoisotopic (exact) mass is 377 g/mol. The Kier molecular flexibility index (Phi) is 5.23. The van der Waals surface area contributed by atoms with Crippen LogP contribution in [0.3, 0.4) is 0 Å². The van der Waals surface area contributed by atoms with Gasteiger partial charge in [-0.3, -0.25) is 0 Å². The number of anilines is 3. The van der Waals surface area contributed by atoms with Crippen LogP contribution in [0.15, 0.2) is 54.7 Å². The molecule has 3 aromatic rings. The zero-order valence-corrected chi connectivity index (χ0v) is 16.0. The lowest BCUT2D eigenvalue weighted by Gasteiger charge is -2.27. The Balaban J connectivity index is 1.54. The summed E-state index contributed by atoms with van der Waals surface area (Å²) in [6, 6.07) is 16.3. The summed E-state index contributed by atoms with van der Waals surface area (Å²) in [6.45, 7) is 6.15. The van der Waals surface area contributed by atoms with Gasteiger partial charge in [0.25, 0.3) is 0 Å². The smallest absolute Gasteiger partial charge is 0.249 e. The number of rotatable bonds is 6. The zero-order valence-electron chi connectivity index (χ0n) is 16.0. The van der Waals surface area contributed by atoms with Gasteiger partial charge in [0, 0.05) is 24.3 Å². The molecule has 2 aromatic carbocycles. The van der Waals surface area contributed by atoms with Crippen molar-refractivity contribution in [3.05, 3.63) is 60.3 Å². The van der Waals surface area contributed by atoms with Gasteiger partial charge in [-0.1, -0.05) is 30.3 Å². The molecule has 7 heteroatoms. The third kappa shape index (κ3) is 4.14. The summed E-state index contributed by atoms with van der Waals surface area (Å²) in [6.07, 6.45) is 1.69. The van der Waals surface area contributed by atoms with Gasteiger partial charge in [-0.25, -0.2) is 0 Å². The van der Waals surface area contributed by atoms with Crippen LogP contribution in [0.25, 0.3) is 0 Å². The standard InChI is InChI=1S/C21H23N5O2/c1-15(2)26(14-16-6-4-3-5-7-16)20-13-22-25-21(24-20)23-17-8-9-18-19(12-17)28-11-10-27-18/h3-9,12-13,15H,10-11,14H2,1-2H3,(H,23,24,25). The van der Waals surface area contributed by atoms with Crippen molar-refractivity contribution in [2.24, 2.45) is 0 Å². The molecule has 0 saturated carbocycles. The number of nitrogens with zero attached hydrogens (tertiary/aromatic N) is 4. The first-order chi connectivity index (χ1) is 13.7. The molecule has 0 bridgehead atoms. The number of ether oxygens (including phenoxy) is 2. The Labute approximate surface area is 164 Å². The zero-order chi connectivity index (χ0) is 19.3. The van der Waals surface area contributed by atoms with E-state index in [2.05, 4.69) is 51.4 Å². The third-order valence-corrected chi connectivity index (χ3v) is 4.46. The molecule has 1 aliphatic rings. The fourth-order valence-corrected chi connectivity index (χ4v) is 3.04. The first-order valence-electron chi connectivity index (χ1n) is 9.36. The van der Waals surface area contributed by atoms with E-state index in [-0.39, 0.29) is 6.04 Å². The Hall–Kier alpha value is -3.35. The van der Waals surface area contributed by atoms with Crippen LogP contribution in [-0.4, -0.2) is 34.4 Å². The van der Waals surface area contributed by atoms with Gasteiger partial charge in [-0.2, -0.15) is 10.1 Å². The molecule has 28 heavy (non-hydrogen) atoms. The number of benzene rings is 2. The van der Waals surface area contributed by atoms with Crippen LogP contribution in [0.1, 0.15) is 19.4 Å². The minimum Gasteiger partial charge on any atom is -0.486 e. The molecule has 0 unspecified atom stereocenters. The van der Waals surface area contributed by atoms with Crippen molar-refractivity contribution in [1.29, 1.82) is 0 Å². The molecule has 0 atom stereocenters. The van der Waals surface area contributed by atoms with Crippen LogP contribution in [0.4, 0.5) is 17.5 Å². The van der Waals surface area contributed by atoms with Crippen molar-refractivity contribution >= 4 is 17.5 Å². The molecular weight excluding hydrogens is 354 g/mol. The topological polar surface area (TPSA) is 72.4 Å². The summed E-state index contributed by atoms with van der Waals surface area (Å²) in [7, 11) is 0. The maximum Gasteiger partial charge on any atom is 0.249 e. The minimum absolute atomic E-state index is 0.263. The molecule has 0 radical (unpaired) electrons. The van der Waals surface area contributed by atoms with Gasteiger partial charge in [0.2, 0.25) is 5.95 Å². The van der Waals surface area contributed by atoms with E-state index in [0.717, 1.165) is 23.8 Å². The number of hydrogen-bond donors (Lipinski definition) is 1. The van der Waals surface area contributed by atoms with E-state index in [1.165, 1.54) is 5.56 Å². The molecule has 0 saturated heterocycles. The number of nitrogens with one attached hydrogen (secondary N) is 1. The molecule has 0 amide bonds. The van der Waals surface area contributed by atoms with Crippen molar-refractivity contribution < 1.29 is 9.47 Å². The van der Waals surface area contributed by atoms with Gasteiger partial charge in [-0.15, -0.1) is 5.10 Å². The second-order valence-electron chi connectivity index (χ2n) is 6.83. The van der Waals surface area contributed by atoms with Gasteiger partial charge >= 0.3 is 0 Å². The summed E-state index contributed by atoms with van der Waals surface area (Å²) in [4.78, 5) is 6.86. The Morgan fingerprint density at radius 3 is 2.61 bits per heavy atom. The van der Waals surface area contributed by atoms with E-state index in [4.69, 9.17) is 9.47 Å². The molecule has 1 aliphatic heterocycles. The number of hydrogen-bond acceptors (Lipinski definition) is 7. The van der Waals surface area contributed by atoms with E-state index in [1.54, 1.807) is 6.20 Å². The molecule has 144 valence electrons. The van der Waals surface area contributed by atoms with Gasteiger partial charge in [-0.05, 0) is 31.5 Å². The van der Waals surface area contributed by atoms with Crippen molar-refractivity contribution in [1.82, 2.24) is 15.2 Å². The predicted molar refractivity (Wildman–Crippen MR) is 108 cm³/mol. The molecule has 0 aliphatic carbocycles. The van der Waals surface area contributed by atoms with E-state index < -0.39 is 0 Å². The summed E-state index contributed by atoms with van der Waals surface area (Å²) >= 11 is 0. The Bertz CT molecular complexity index is 933. The quantitative estimate of drug-likeness (QED) is 0.700. The van der Waals surface area contributed by atoms with Gasteiger partial charge in [0.15, 0.2) is 17.3 Å². The average molecular weight is 377 g/mol. The Morgan fingerprint density at radius 1 is 1.04 bits per heavy atom. The summed E-state index contributed by atoms with van der Waals surface area (Å²) < 4.78 is 11.2. The van der Waals surface area contributed by atoms with E-state index in [9.17, 15) is 0 Å². The summed E-state index contributed by atoms with van der Waals surface area (Å²) in [5.41, 5.74) is 2.04. The molecule has 4 rings (SSSR count). The lowest BCUT2D eigenvalue weighted by Crippen LogP contribution is -2.31. The van der Waals surface area contributed by atoms with Crippen LogP contribution < -0.4 is 19.7 Å². The highest BCUT2D eigenvalue weighted by atomic mass is 16.6.